The van der Waals surface area contributed by atoms with Gasteiger partial charge in [0.1, 0.15) is 11.5 Å². The Morgan fingerprint density at radius 3 is 0.704 bits per heavy atom. The van der Waals surface area contributed by atoms with Crippen LogP contribution in [0.2, 0.25) is 0 Å². The Morgan fingerprint density at radius 2 is 0.454 bits per heavy atom. The third kappa shape index (κ3) is 33.9. The molecule has 0 radical (unpaired) electrons. The van der Waals surface area contributed by atoms with Gasteiger partial charge in [-0.05, 0) is 245 Å². The van der Waals surface area contributed by atoms with Gasteiger partial charge in [-0.3, -0.25) is 0 Å². The smallest absolute Gasteiger partial charge is 0.417 e. The lowest BCUT2D eigenvalue weighted by atomic mass is 9.92. The fraction of sp³-hybridized carbons (Fsp3) is 0.287. The van der Waals surface area contributed by atoms with Gasteiger partial charge in [0.05, 0.1) is 11.1 Å². The SMILES string of the molecule is C.C.C.C.C.C.C.C.Cc1ccc(-c2ccc(C)c(C)c2)cc1C.Cc1ccc(-c2ccc(C)cc2C(F)(F)F)c(C(F)(F)F)c1.Cc1ccc(-c2ccc(C)cc2C)c(C)c1.Cc1ccc(C)cc1.Cc1ccc(Cc2ccc(C)cc2)cc1.Cc1ccc(Oc2ccc(C)cc2)cc1.Cc1cccc(C)c1. The van der Waals surface area contributed by atoms with Crippen LogP contribution in [0.15, 0.2) is 255 Å². The molecular weight excluding hydrogens is 1340 g/mol. The van der Waals surface area contributed by atoms with Crippen LogP contribution in [-0.4, -0.2) is 0 Å². The predicted molar refractivity (Wildman–Crippen MR) is 466 cm³/mol. The maximum absolute atomic E-state index is 13.1. The highest BCUT2D eigenvalue weighted by atomic mass is 19.4. The van der Waals surface area contributed by atoms with Gasteiger partial charge in [0.15, 0.2) is 0 Å². The molecule has 0 spiro atoms. The molecule has 0 saturated carbocycles. The third-order valence-electron chi connectivity index (χ3n) is 17.0. The molecule has 12 aromatic carbocycles. The van der Waals surface area contributed by atoms with Crippen LogP contribution in [0.5, 0.6) is 11.5 Å². The first-order chi connectivity index (χ1) is 47.2. The first-order valence-electron chi connectivity index (χ1n) is 33.9. The van der Waals surface area contributed by atoms with E-state index in [0.29, 0.717) is 11.1 Å². The standard InChI is InChI=1S/C16H12F6.2C16H18.C15H16.C14H14O.2C8H10.8CH4/c1-9-3-5-11(13(7-9)15(17,18)19)12-6-4-10(2)8-14(12)16(20,21)22;1-11-5-7-15(9-13(11)3)16-8-6-12(2)14(4)10-16;1-11-5-7-15(13(3)9-11)16-8-6-12(2)10-14(16)4;1-12-3-7-14(8-4-12)11-15-9-5-13(2)6-10-15;1-11-3-7-13(8-4-11)15-14-9-5-12(2)6-10-14;1-7-3-5-8(2)6-4-7;1-7-4-3-5-8(2)6-7;;;;;;;;/h3-8H,1-2H3;2*5-10H,1-4H3;3-10H,11H2,1-2H3;3-10H,1-2H3;2*3-6H,1-2H3;8*1H4. The molecule has 7 heteroatoms. The van der Waals surface area contributed by atoms with Gasteiger partial charge in [-0.25, -0.2) is 0 Å². The van der Waals surface area contributed by atoms with E-state index in [-0.39, 0.29) is 59.4 Å². The van der Waals surface area contributed by atoms with Crippen molar-refractivity contribution in [2.24, 2.45) is 0 Å². The Labute approximate surface area is 652 Å². The number of benzene rings is 12. The van der Waals surface area contributed by atoms with Crippen LogP contribution in [-0.2, 0) is 18.8 Å². The maximum atomic E-state index is 13.1. The first kappa shape index (κ1) is 102. The van der Waals surface area contributed by atoms with Crippen molar-refractivity contribution in [2.45, 2.75) is 203 Å². The van der Waals surface area contributed by atoms with Crippen LogP contribution in [0.1, 0.15) is 182 Å². The number of hydrogen-bond acceptors (Lipinski definition) is 1. The van der Waals surface area contributed by atoms with Gasteiger partial charge in [-0.15, -0.1) is 0 Å². The summed E-state index contributed by atoms with van der Waals surface area (Å²) in [6.07, 6.45) is -8.43. The maximum Gasteiger partial charge on any atom is 0.417 e. The van der Waals surface area contributed by atoms with Crippen molar-refractivity contribution in [3.8, 4) is 44.9 Å². The van der Waals surface area contributed by atoms with Crippen LogP contribution in [0.3, 0.4) is 0 Å². The molecule has 0 N–H and O–H groups in total. The van der Waals surface area contributed by atoms with E-state index >= 15 is 0 Å². The average Bonchev–Trinajstić information content (AvgIpc) is 0.774. The van der Waals surface area contributed by atoms with E-state index in [1.165, 1.54) is 148 Å². The molecule has 0 saturated heterocycles. The van der Waals surface area contributed by atoms with Crippen molar-refractivity contribution in [2.75, 3.05) is 0 Å². The molecule has 12 rings (SSSR count). The predicted octanol–water partition coefficient (Wildman–Crippen LogP) is 32.9. The van der Waals surface area contributed by atoms with E-state index in [4.69, 9.17) is 4.74 Å². The van der Waals surface area contributed by atoms with Crippen molar-refractivity contribution in [3.63, 3.8) is 0 Å². The van der Waals surface area contributed by atoms with Gasteiger partial charge in [-0.1, -0.05) is 345 Å². The van der Waals surface area contributed by atoms with Crippen molar-refractivity contribution >= 4 is 0 Å². The highest BCUT2D eigenvalue weighted by molar-refractivity contribution is 5.73. The molecule has 1 nitrogen and oxygen atoms in total. The van der Waals surface area contributed by atoms with Crippen molar-refractivity contribution in [1.82, 2.24) is 0 Å². The number of halogens is 6. The van der Waals surface area contributed by atoms with E-state index in [9.17, 15) is 26.3 Å². The molecule has 0 fully saturated rings. The Kier molecular flexibility index (Phi) is 45.7. The van der Waals surface area contributed by atoms with Crippen molar-refractivity contribution in [1.29, 1.82) is 0 Å². The van der Waals surface area contributed by atoms with Gasteiger partial charge in [0.2, 0.25) is 0 Å². The summed E-state index contributed by atoms with van der Waals surface area (Å²) in [6, 6.07) is 83.8. The normalized spacial score (nSPS) is 9.85. The van der Waals surface area contributed by atoms with Gasteiger partial charge >= 0.3 is 12.4 Å². The number of alkyl halides is 6. The minimum atomic E-state index is -4.73. The van der Waals surface area contributed by atoms with E-state index in [1.54, 1.807) is 0 Å². The molecule has 0 heterocycles. The number of aryl methyl sites for hydroxylation is 18. The zero-order chi connectivity index (χ0) is 73.4. The molecule has 0 bridgehead atoms. The molecule has 12 aromatic rings. The van der Waals surface area contributed by atoms with E-state index in [0.717, 1.165) is 42.2 Å². The summed E-state index contributed by atoms with van der Waals surface area (Å²) in [4.78, 5) is 0. The van der Waals surface area contributed by atoms with E-state index in [1.807, 2.05) is 48.5 Å². The average molecular weight is 1470 g/mol. The number of ether oxygens (including phenoxy) is 1. The molecule has 0 aliphatic carbocycles. The molecule has 0 unspecified atom stereocenters. The molecule has 0 aromatic heterocycles. The zero-order valence-corrected chi connectivity index (χ0v) is 61.6. The molecule has 0 aliphatic heterocycles. The van der Waals surface area contributed by atoms with Crippen LogP contribution in [0.25, 0.3) is 33.4 Å². The second-order valence-electron chi connectivity index (χ2n) is 26.5. The quantitative estimate of drug-likeness (QED) is 0.145. The van der Waals surface area contributed by atoms with Crippen LogP contribution in [0, 0.1) is 125 Å². The molecule has 0 aliphatic rings. The van der Waals surface area contributed by atoms with Crippen LogP contribution < -0.4 is 4.74 Å². The second kappa shape index (κ2) is 48.3. The minimum absolute atomic E-state index is 0. The lowest BCUT2D eigenvalue weighted by Gasteiger charge is -2.18. The zero-order valence-electron chi connectivity index (χ0n) is 61.6. The Bertz CT molecular complexity index is 4160. The largest absolute Gasteiger partial charge is 0.457 e. The molecule has 108 heavy (non-hydrogen) atoms. The van der Waals surface area contributed by atoms with E-state index < -0.39 is 34.6 Å². The summed E-state index contributed by atoms with van der Waals surface area (Å²) < 4.78 is 84.5. The van der Waals surface area contributed by atoms with Crippen LogP contribution in [0.4, 0.5) is 26.3 Å². The number of hydrogen-bond donors (Lipinski definition) is 0. The minimum Gasteiger partial charge on any atom is -0.457 e. The summed E-state index contributed by atoms with van der Waals surface area (Å²) in [6.45, 7) is 37.0. The van der Waals surface area contributed by atoms with Crippen molar-refractivity contribution in [3.05, 3.63) is 377 Å². The van der Waals surface area contributed by atoms with Gasteiger partial charge in [-0.2, -0.15) is 26.3 Å². The Hall–Kier alpha value is -9.98. The van der Waals surface area contributed by atoms with Gasteiger partial charge in [0.25, 0.3) is 0 Å². The Balaban J connectivity index is -0.00000120. The van der Waals surface area contributed by atoms with Crippen LogP contribution >= 0.6 is 0 Å². The monoisotopic (exact) mass is 1470 g/mol. The molecule has 582 valence electrons. The lowest BCUT2D eigenvalue weighted by Crippen LogP contribution is -2.11. The molecule has 0 atom stereocenters. The summed E-state index contributed by atoms with van der Waals surface area (Å²) in [5.74, 6) is 1.76. The summed E-state index contributed by atoms with van der Waals surface area (Å²) in [5, 5.41) is 0. The number of rotatable bonds is 7. The van der Waals surface area contributed by atoms with E-state index in [2.05, 4.69) is 281 Å². The summed E-state index contributed by atoms with van der Waals surface area (Å²) in [5.41, 5.74) is 26.9. The van der Waals surface area contributed by atoms with Crippen molar-refractivity contribution < 1.29 is 31.1 Å². The summed E-state index contributed by atoms with van der Waals surface area (Å²) >= 11 is 0. The lowest BCUT2D eigenvalue weighted by molar-refractivity contribution is -0.139. The third-order valence-corrected chi connectivity index (χ3v) is 17.0. The molecular formula is C101H130F6O. The Morgan fingerprint density at radius 1 is 0.213 bits per heavy atom. The fourth-order valence-electron chi connectivity index (χ4n) is 10.8. The fourth-order valence-corrected chi connectivity index (χ4v) is 10.8. The van der Waals surface area contributed by atoms with Gasteiger partial charge < -0.3 is 4.74 Å². The highest BCUT2D eigenvalue weighted by Crippen LogP contribution is 2.43. The first-order valence-corrected chi connectivity index (χ1v) is 33.9. The summed E-state index contributed by atoms with van der Waals surface area (Å²) in [7, 11) is 0. The topological polar surface area (TPSA) is 9.23 Å². The second-order valence-corrected chi connectivity index (χ2v) is 26.5. The molecule has 0 amide bonds. The highest BCUT2D eigenvalue weighted by Gasteiger charge is 2.38. The van der Waals surface area contributed by atoms with Gasteiger partial charge in [0, 0.05) is 0 Å².